The molecule has 2 saturated heterocycles. The summed E-state index contributed by atoms with van der Waals surface area (Å²) < 4.78 is 0. The second-order valence-electron chi connectivity index (χ2n) is 10.2. The molecule has 0 radical (unpaired) electrons. The monoisotopic (exact) mass is 565 g/mol. The van der Waals surface area contributed by atoms with E-state index >= 15 is 0 Å². The number of aliphatic hydroxyl groups excluding tert-OH is 1. The smallest absolute Gasteiger partial charge is 0.236 e. The van der Waals surface area contributed by atoms with Crippen LogP contribution >= 0.6 is 24.0 Å². The highest BCUT2D eigenvalue weighted by atomic mass is 127. The average molecular weight is 566 g/mol. The van der Waals surface area contributed by atoms with Crippen molar-refractivity contribution in [2.75, 3.05) is 65.5 Å². The van der Waals surface area contributed by atoms with Crippen molar-refractivity contribution in [1.29, 1.82) is 0 Å². The van der Waals surface area contributed by atoms with Crippen molar-refractivity contribution >= 4 is 35.8 Å². The lowest BCUT2D eigenvalue weighted by Gasteiger charge is -2.39. The van der Waals surface area contributed by atoms with Crippen molar-refractivity contribution in [2.24, 2.45) is 28.7 Å². The van der Waals surface area contributed by atoms with E-state index in [0.717, 1.165) is 71.2 Å². The number of likely N-dealkylation sites (tertiary alicyclic amines) is 1. The van der Waals surface area contributed by atoms with Gasteiger partial charge in [-0.15, -0.1) is 24.0 Å². The molecule has 3 atom stereocenters. The van der Waals surface area contributed by atoms with E-state index in [9.17, 15) is 9.90 Å². The van der Waals surface area contributed by atoms with Gasteiger partial charge in [0, 0.05) is 59.0 Å². The maximum Gasteiger partial charge on any atom is 0.236 e. The highest BCUT2D eigenvalue weighted by molar-refractivity contribution is 14.0. The minimum atomic E-state index is 0. The molecule has 2 aliphatic heterocycles. The Balaban J connectivity index is 0.00000512. The van der Waals surface area contributed by atoms with Gasteiger partial charge in [-0.25, -0.2) is 0 Å². The first-order valence-electron chi connectivity index (χ1n) is 12.5. The molecule has 7 nitrogen and oxygen atoms in total. The molecule has 0 aromatic carbocycles. The van der Waals surface area contributed by atoms with E-state index < -0.39 is 0 Å². The Morgan fingerprint density at radius 1 is 1.09 bits per heavy atom. The number of piperidine rings is 1. The van der Waals surface area contributed by atoms with Crippen LogP contribution in [0.25, 0.3) is 0 Å². The Bertz CT molecular complexity index is 557. The topological polar surface area (TPSA) is 71.4 Å². The summed E-state index contributed by atoms with van der Waals surface area (Å²) in [6, 6.07) is 0. The number of hydrogen-bond acceptors (Lipinski definition) is 4. The van der Waals surface area contributed by atoms with Crippen LogP contribution in [-0.2, 0) is 4.79 Å². The van der Waals surface area contributed by atoms with Crippen LogP contribution in [0, 0.1) is 23.7 Å². The molecule has 0 spiro atoms. The quantitative estimate of drug-likeness (QED) is 0.256. The fourth-order valence-electron chi connectivity index (χ4n) is 5.05. The van der Waals surface area contributed by atoms with Gasteiger partial charge < -0.3 is 20.2 Å². The van der Waals surface area contributed by atoms with Gasteiger partial charge >= 0.3 is 0 Å². The lowest BCUT2D eigenvalue weighted by atomic mass is 9.92. The Kier molecular flexibility index (Phi) is 14.1. The van der Waals surface area contributed by atoms with Crippen LogP contribution < -0.4 is 5.32 Å². The van der Waals surface area contributed by atoms with Gasteiger partial charge in [-0.1, -0.05) is 27.7 Å². The molecule has 32 heavy (non-hydrogen) atoms. The Morgan fingerprint density at radius 2 is 1.72 bits per heavy atom. The van der Waals surface area contributed by atoms with Gasteiger partial charge in [0.2, 0.25) is 5.91 Å². The zero-order chi connectivity index (χ0) is 22.8. The van der Waals surface area contributed by atoms with Crippen molar-refractivity contribution in [3.05, 3.63) is 0 Å². The first-order chi connectivity index (χ1) is 14.8. The van der Waals surface area contributed by atoms with Crippen molar-refractivity contribution < 1.29 is 9.90 Å². The lowest BCUT2D eigenvalue weighted by Crippen LogP contribution is -2.55. The largest absolute Gasteiger partial charge is 0.396 e. The van der Waals surface area contributed by atoms with Gasteiger partial charge in [0.1, 0.15) is 0 Å². The number of rotatable bonds is 9. The molecule has 0 aromatic heterocycles. The van der Waals surface area contributed by atoms with Gasteiger partial charge in [0.05, 0.1) is 6.54 Å². The second kappa shape index (κ2) is 15.3. The Labute approximate surface area is 213 Å². The third kappa shape index (κ3) is 10.1. The van der Waals surface area contributed by atoms with Crippen LogP contribution in [0.3, 0.4) is 0 Å². The maximum atomic E-state index is 12.8. The highest BCUT2D eigenvalue weighted by Gasteiger charge is 2.28. The van der Waals surface area contributed by atoms with Gasteiger partial charge in [-0.3, -0.25) is 14.7 Å². The third-order valence-electron chi connectivity index (χ3n) is 6.43. The Hall–Kier alpha value is -0.610. The summed E-state index contributed by atoms with van der Waals surface area (Å²) in [6.45, 7) is 18.8. The van der Waals surface area contributed by atoms with E-state index in [0.29, 0.717) is 30.2 Å². The molecule has 2 fully saturated rings. The van der Waals surface area contributed by atoms with Gasteiger partial charge in [-0.05, 0) is 49.9 Å². The zero-order valence-corrected chi connectivity index (χ0v) is 23.4. The number of halogens is 1. The van der Waals surface area contributed by atoms with Crippen molar-refractivity contribution in [3.8, 4) is 0 Å². The van der Waals surface area contributed by atoms with Crippen LogP contribution in [0.4, 0.5) is 0 Å². The van der Waals surface area contributed by atoms with E-state index in [4.69, 9.17) is 4.99 Å². The molecule has 0 aliphatic carbocycles. The minimum Gasteiger partial charge on any atom is -0.396 e. The number of hydrogen-bond donors (Lipinski definition) is 2. The number of amides is 1. The fraction of sp³-hybridized carbons (Fsp3) is 0.917. The molecule has 3 unspecified atom stereocenters. The SMILES string of the molecule is CCNC(=NCC(CCO)CC(C)C)N1CCN(CC(=O)N2CC(C)CC(C)C2)CC1.I. The number of carbonyl (C=O) groups excluding carboxylic acids is 1. The van der Waals surface area contributed by atoms with E-state index in [1.165, 1.54) is 6.42 Å². The zero-order valence-electron chi connectivity index (χ0n) is 21.1. The second-order valence-corrected chi connectivity index (χ2v) is 10.2. The highest BCUT2D eigenvalue weighted by Crippen LogP contribution is 2.21. The van der Waals surface area contributed by atoms with Crippen molar-refractivity contribution in [3.63, 3.8) is 0 Å². The van der Waals surface area contributed by atoms with Gasteiger partial charge in [0.15, 0.2) is 5.96 Å². The minimum absolute atomic E-state index is 0. The normalized spacial score (nSPS) is 23.8. The molecule has 188 valence electrons. The number of piperazine rings is 1. The van der Waals surface area contributed by atoms with E-state index in [2.05, 4.69) is 54.6 Å². The molecule has 8 heteroatoms. The van der Waals surface area contributed by atoms with Crippen LogP contribution in [0.1, 0.15) is 53.9 Å². The summed E-state index contributed by atoms with van der Waals surface area (Å²) in [5.41, 5.74) is 0. The predicted octanol–water partition coefficient (Wildman–Crippen LogP) is 2.74. The van der Waals surface area contributed by atoms with E-state index in [1.807, 2.05) is 0 Å². The molecule has 2 heterocycles. The van der Waals surface area contributed by atoms with Crippen LogP contribution in [0.5, 0.6) is 0 Å². The van der Waals surface area contributed by atoms with E-state index in [-0.39, 0.29) is 36.5 Å². The molecule has 0 bridgehead atoms. The van der Waals surface area contributed by atoms with E-state index in [1.54, 1.807) is 0 Å². The average Bonchev–Trinajstić information content (AvgIpc) is 2.70. The standard InChI is InChI=1S/C24H47N5O2.HI/c1-6-25-24(26-15-22(7-12-30)13-19(2)3)28-10-8-27(9-11-28)18-23(31)29-16-20(4)14-21(5)17-29;/h19-22,30H,6-18H2,1-5H3,(H,25,26);1H. The number of carbonyl (C=O) groups is 1. The van der Waals surface area contributed by atoms with Crippen LogP contribution in [0.2, 0.25) is 0 Å². The molecular formula is C24H48IN5O2. The van der Waals surface area contributed by atoms with Crippen LogP contribution in [0.15, 0.2) is 4.99 Å². The van der Waals surface area contributed by atoms with Crippen molar-refractivity contribution in [1.82, 2.24) is 20.0 Å². The summed E-state index contributed by atoms with van der Waals surface area (Å²) in [6.07, 6.45) is 3.13. The predicted molar refractivity (Wildman–Crippen MR) is 144 cm³/mol. The molecule has 2 aliphatic rings. The van der Waals surface area contributed by atoms with Crippen LogP contribution in [-0.4, -0.2) is 97.2 Å². The summed E-state index contributed by atoms with van der Waals surface area (Å²) in [4.78, 5) is 24.4. The first-order valence-corrected chi connectivity index (χ1v) is 12.5. The number of nitrogens with zero attached hydrogens (tertiary/aromatic N) is 4. The summed E-state index contributed by atoms with van der Waals surface area (Å²) in [5, 5.41) is 12.8. The number of guanidine groups is 1. The number of aliphatic imine (C=N–C) groups is 1. The Morgan fingerprint density at radius 3 is 2.25 bits per heavy atom. The van der Waals surface area contributed by atoms with Crippen molar-refractivity contribution in [2.45, 2.75) is 53.9 Å². The molecular weight excluding hydrogens is 517 g/mol. The summed E-state index contributed by atoms with van der Waals surface area (Å²) >= 11 is 0. The summed E-state index contributed by atoms with van der Waals surface area (Å²) in [7, 11) is 0. The molecule has 1 amide bonds. The molecule has 0 saturated carbocycles. The molecule has 2 N–H and O–H groups in total. The number of nitrogens with one attached hydrogen (secondary N) is 1. The lowest BCUT2D eigenvalue weighted by molar-refractivity contribution is -0.135. The van der Waals surface area contributed by atoms with Gasteiger partial charge in [0.25, 0.3) is 0 Å². The van der Waals surface area contributed by atoms with Gasteiger partial charge in [-0.2, -0.15) is 0 Å². The molecule has 2 rings (SSSR count). The fourth-order valence-corrected chi connectivity index (χ4v) is 5.05. The first kappa shape index (κ1) is 29.4. The number of aliphatic hydroxyl groups is 1. The maximum absolute atomic E-state index is 12.8. The molecule has 0 aromatic rings. The third-order valence-corrected chi connectivity index (χ3v) is 6.43. The summed E-state index contributed by atoms with van der Waals surface area (Å²) in [5.74, 6) is 3.50.